The number of amides is 1. The molecule has 4 nitrogen and oxygen atoms in total. The van der Waals surface area contributed by atoms with E-state index >= 15 is 0 Å². The number of rotatable bonds is 6. The number of alkyl halides is 3. The van der Waals surface area contributed by atoms with Crippen LogP contribution < -0.4 is 15.8 Å². The first-order chi connectivity index (χ1) is 9.79. The molecular formula is C14H19F3N2O2. The molecule has 0 saturated carbocycles. The van der Waals surface area contributed by atoms with Crippen molar-refractivity contribution < 1.29 is 22.7 Å². The lowest BCUT2D eigenvalue weighted by Gasteiger charge is -2.17. The average molecular weight is 304 g/mol. The molecule has 0 fully saturated rings. The van der Waals surface area contributed by atoms with Crippen LogP contribution in [0.5, 0.6) is 5.75 Å². The topological polar surface area (TPSA) is 64.4 Å². The summed E-state index contributed by atoms with van der Waals surface area (Å²) < 4.78 is 43.7. The molecule has 0 saturated heterocycles. The number of nitrogens with two attached hydrogens (primary N) is 1. The number of methoxy groups -OCH3 is 1. The fourth-order valence-electron chi connectivity index (χ4n) is 1.77. The van der Waals surface area contributed by atoms with Gasteiger partial charge in [-0.25, -0.2) is 0 Å². The van der Waals surface area contributed by atoms with Crippen molar-refractivity contribution in [1.82, 2.24) is 0 Å². The zero-order valence-electron chi connectivity index (χ0n) is 12.0. The Hall–Kier alpha value is -1.76. The molecule has 0 aliphatic rings. The minimum Gasteiger partial charge on any atom is -0.497 e. The van der Waals surface area contributed by atoms with Gasteiger partial charge in [0.25, 0.3) is 0 Å². The van der Waals surface area contributed by atoms with E-state index in [1.165, 1.54) is 13.2 Å². The molecule has 0 bridgehead atoms. The van der Waals surface area contributed by atoms with Crippen molar-refractivity contribution in [3.05, 3.63) is 23.8 Å². The Morgan fingerprint density at radius 1 is 1.43 bits per heavy atom. The number of ether oxygens (including phenoxy) is 1. The van der Waals surface area contributed by atoms with Crippen molar-refractivity contribution in [3.8, 4) is 5.75 Å². The van der Waals surface area contributed by atoms with E-state index in [0.717, 1.165) is 25.0 Å². The minimum absolute atomic E-state index is 0.0654. The van der Waals surface area contributed by atoms with Crippen LogP contribution in [0, 0.1) is 0 Å². The Bertz CT molecular complexity index is 490. The lowest BCUT2D eigenvalue weighted by molar-refractivity contribution is -0.137. The molecule has 21 heavy (non-hydrogen) atoms. The lowest BCUT2D eigenvalue weighted by atomic mass is 10.1. The largest absolute Gasteiger partial charge is 0.497 e. The van der Waals surface area contributed by atoms with Gasteiger partial charge < -0.3 is 15.8 Å². The first kappa shape index (κ1) is 17.3. The molecule has 0 aliphatic carbocycles. The first-order valence-corrected chi connectivity index (χ1v) is 6.61. The van der Waals surface area contributed by atoms with Gasteiger partial charge in [-0.15, -0.1) is 0 Å². The van der Waals surface area contributed by atoms with Crippen LogP contribution in [0.2, 0.25) is 0 Å². The fourth-order valence-corrected chi connectivity index (χ4v) is 1.77. The zero-order valence-corrected chi connectivity index (χ0v) is 12.0. The van der Waals surface area contributed by atoms with Gasteiger partial charge in [0.1, 0.15) is 5.75 Å². The van der Waals surface area contributed by atoms with Gasteiger partial charge in [-0.2, -0.15) is 13.2 Å². The van der Waals surface area contributed by atoms with E-state index in [9.17, 15) is 18.0 Å². The van der Waals surface area contributed by atoms with Gasteiger partial charge in [0, 0.05) is 0 Å². The van der Waals surface area contributed by atoms with Gasteiger partial charge in [-0.3, -0.25) is 4.79 Å². The maximum atomic E-state index is 13.0. The monoisotopic (exact) mass is 304 g/mol. The van der Waals surface area contributed by atoms with Crippen LogP contribution in [0.4, 0.5) is 18.9 Å². The summed E-state index contributed by atoms with van der Waals surface area (Å²) in [6.45, 7) is 1.94. The van der Waals surface area contributed by atoms with E-state index in [0.29, 0.717) is 6.42 Å². The highest BCUT2D eigenvalue weighted by molar-refractivity contribution is 5.95. The SMILES string of the molecule is CCCC[C@H](N)C(=O)Nc1ccc(OC)cc1C(F)(F)F. The molecule has 0 unspecified atom stereocenters. The Kier molecular flexibility index (Phi) is 6.02. The van der Waals surface area contributed by atoms with Crippen molar-refractivity contribution in [3.63, 3.8) is 0 Å². The minimum atomic E-state index is -4.59. The van der Waals surface area contributed by atoms with Crippen LogP contribution in [0.3, 0.4) is 0 Å². The molecule has 7 heteroatoms. The molecule has 1 rings (SSSR count). The maximum absolute atomic E-state index is 13.0. The summed E-state index contributed by atoms with van der Waals surface area (Å²) in [7, 11) is 1.27. The van der Waals surface area contributed by atoms with Crippen LogP contribution in [0.25, 0.3) is 0 Å². The van der Waals surface area contributed by atoms with Gasteiger partial charge in [0.15, 0.2) is 0 Å². The number of nitrogens with one attached hydrogen (secondary N) is 1. The molecule has 0 aliphatic heterocycles. The summed E-state index contributed by atoms with van der Waals surface area (Å²) in [4.78, 5) is 11.8. The van der Waals surface area contributed by atoms with E-state index in [-0.39, 0.29) is 11.4 Å². The third-order valence-electron chi connectivity index (χ3n) is 3.00. The smallest absolute Gasteiger partial charge is 0.418 e. The summed E-state index contributed by atoms with van der Waals surface area (Å²) in [5.41, 5.74) is 4.37. The summed E-state index contributed by atoms with van der Waals surface area (Å²) in [5, 5.41) is 2.24. The van der Waals surface area contributed by atoms with Crippen LogP contribution >= 0.6 is 0 Å². The predicted octanol–water partition coefficient (Wildman–Crippen LogP) is 3.17. The van der Waals surface area contributed by atoms with Gasteiger partial charge in [0.05, 0.1) is 24.4 Å². The van der Waals surface area contributed by atoms with Crippen LogP contribution in [-0.2, 0) is 11.0 Å². The highest BCUT2D eigenvalue weighted by Crippen LogP contribution is 2.37. The number of halogens is 3. The molecular weight excluding hydrogens is 285 g/mol. The number of anilines is 1. The number of hydrogen-bond donors (Lipinski definition) is 2. The van der Waals surface area contributed by atoms with E-state index < -0.39 is 23.7 Å². The van der Waals surface area contributed by atoms with Crippen LogP contribution in [-0.4, -0.2) is 19.1 Å². The van der Waals surface area contributed by atoms with Gasteiger partial charge in [-0.05, 0) is 24.6 Å². The first-order valence-electron chi connectivity index (χ1n) is 6.61. The molecule has 0 aromatic heterocycles. The van der Waals surface area contributed by atoms with Crippen LogP contribution in [0.1, 0.15) is 31.7 Å². The van der Waals surface area contributed by atoms with Crippen molar-refractivity contribution >= 4 is 11.6 Å². The van der Waals surface area contributed by atoms with Crippen molar-refractivity contribution in [2.24, 2.45) is 5.73 Å². The molecule has 1 aromatic carbocycles. The molecule has 1 aromatic rings. The Morgan fingerprint density at radius 3 is 2.62 bits per heavy atom. The molecule has 118 valence electrons. The Morgan fingerprint density at radius 2 is 2.10 bits per heavy atom. The molecule has 1 amide bonds. The second kappa shape index (κ2) is 7.31. The summed E-state index contributed by atoms with van der Waals surface area (Å²) >= 11 is 0. The van der Waals surface area contributed by atoms with Crippen LogP contribution in [0.15, 0.2) is 18.2 Å². The molecule has 3 N–H and O–H groups in total. The fraction of sp³-hybridized carbons (Fsp3) is 0.500. The highest BCUT2D eigenvalue weighted by atomic mass is 19.4. The van der Waals surface area contributed by atoms with E-state index in [1.807, 2.05) is 6.92 Å². The quantitative estimate of drug-likeness (QED) is 0.848. The Balaban J connectivity index is 2.94. The second-order valence-electron chi connectivity index (χ2n) is 4.65. The normalized spacial score (nSPS) is 12.9. The van der Waals surface area contributed by atoms with E-state index in [1.54, 1.807) is 0 Å². The number of carbonyl (C=O) groups excluding carboxylic acids is 1. The van der Waals surface area contributed by atoms with Gasteiger partial charge in [0.2, 0.25) is 5.91 Å². The maximum Gasteiger partial charge on any atom is 0.418 e. The molecule has 1 atom stereocenters. The van der Waals surface area contributed by atoms with E-state index in [2.05, 4.69) is 5.32 Å². The lowest BCUT2D eigenvalue weighted by Crippen LogP contribution is -2.36. The Labute approximate surface area is 121 Å². The van der Waals surface area contributed by atoms with Crippen molar-refractivity contribution in [1.29, 1.82) is 0 Å². The van der Waals surface area contributed by atoms with Gasteiger partial charge >= 0.3 is 6.18 Å². The zero-order chi connectivity index (χ0) is 16.0. The third kappa shape index (κ3) is 4.93. The van der Waals surface area contributed by atoms with Crippen molar-refractivity contribution in [2.75, 3.05) is 12.4 Å². The number of hydrogen-bond acceptors (Lipinski definition) is 3. The second-order valence-corrected chi connectivity index (χ2v) is 4.65. The predicted molar refractivity (Wildman–Crippen MR) is 74.1 cm³/mol. The number of carbonyl (C=O) groups is 1. The summed E-state index contributed by atoms with van der Waals surface area (Å²) in [6.07, 6.45) is -2.56. The third-order valence-corrected chi connectivity index (χ3v) is 3.00. The van der Waals surface area contributed by atoms with Crippen molar-refractivity contribution in [2.45, 2.75) is 38.4 Å². The molecule has 0 spiro atoms. The summed E-state index contributed by atoms with van der Waals surface area (Å²) in [6, 6.07) is 2.52. The summed E-state index contributed by atoms with van der Waals surface area (Å²) in [5.74, 6) is -0.560. The number of unbranched alkanes of at least 4 members (excludes halogenated alkanes) is 1. The van der Waals surface area contributed by atoms with E-state index in [4.69, 9.17) is 10.5 Å². The average Bonchev–Trinajstić information content (AvgIpc) is 2.43. The number of benzene rings is 1. The van der Waals surface area contributed by atoms with Gasteiger partial charge in [-0.1, -0.05) is 19.8 Å². The highest BCUT2D eigenvalue weighted by Gasteiger charge is 2.34. The standard InChI is InChI=1S/C14H19F3N2O2/c1-3-4-5-11(18)13(20)19-12-7-6-9(21-2)8-10(12)14(15,16)17/h6-8,11H,3-5,18H2,1-2H3,(H,19,20)/t11-/m0/s1. The molecule has 0 heterocycles. The molecule has 0 radical (unpaired) electrons.